The average molecular weight is 751 g/mol. The van der Waals surface area contributed by atoms with E-state index in [4.69, 9.17) is 40.3 Å². The molecule has 12 heteroatoms. The Morgan fingerprint density at radius 1 is 0.536 bits per heavy atom. The van der Waals surface area contributed by atoms with E-state index < -0.39 is 17.9 Å². The van der Waals surface area contributed by atoms with Crippen molar-refractivity contribution in [2.24, 2.45) is 0 Å². The summed E-state index contributed by atoms with van der Waals surface area (Å²) in [6.45, 7) is -0.204. The van der Waals surface area contributed by atoms with E-state index in [1.807, 2.05) is 18.2 Å². The molecule has 0 aliphatic rings. The first kappa shape index (κ1) is 39.0. The van der Waals surface area contributed by atoms with Gasteiger partial charge in [-0.05, 0) is 96.1 Å². The molecule has 0 saturated carbocycles. The van der Waals surface area contributed by atoms with E-state index in [0.717, 1.165) is 11.1 Å². The Kier molecular flexibility index (Phi) is 13.7. The fraction of sp³-hybridized carbons (Fsp3) is 0.0227. The molecular weight excluding hydrogens is 720 g/mol. The summed E-state index contributed by atoms with van der Waals surface area (Å²) in [7, 11) is 0. The molecule has 0 aliphatic carbocycles. The summed E-state index contributed by atoms with van der Waals surface area (Å²) < 4.78 is 20.9. The van der Waals surface area contributed by atoms with E-state index in [1.165, 1.54) is 36.4 Å². The van der Waals surface area contributed by atoms with Crippen LogP contribution in [0.4, 0.5) is 0 Å². The molecule has 0 atom stereocenters. The van der Waals surface area contributed by atoms with Gasteiger partial charge in [0.05, 0.1) is 16.7 Å². The smallest absolute Gasteiger partial charge is 0.344 e. The summed E-state index contributed by atoms with van der Waals surface area (Å²) in [6, 6.07) is 39.1. The maximum absolute atomic E-state index is 12.8. The highest BCUT2D eigenvalue weighted by molar-refractivity contribution is 6.03. The second-order valence-corrected chi connectivity index (χ2v) is 11.2. The minimum atomic E-state index is -1.31. The van der Waals surface area contributed by atoms with Gasteiger partial charge in [0.15, 0.2) is 18.0 Å². The largest absolute Gasteiger partial charge is 0.508 e. The number of para-hydroxylation sites is 2. The molecule has 0 heterocycles. The van der Waals surface area contributed by atoms with Crippen LogP contribution in [-0.2, 0) is 11.5 Å². The Hall–Kier alpha value is -8.19. The monoisotopic (exact) mass is 750 g/mol. The SMILES string of the molecule is C#COc1ccc(C(=O)O)c(C(=O)Oc2ccc(-c3ccc(OOCc4cc(OC#COc5ccccc5)ccc4C(=O)O)cc3)cc2)c1.Oc1ccccc1. The quantitative estimate of drug-likeness (QED) is 0.0361. The van der Waals surface area contributed by atoms with Crippen LogP contribution in [0.15, 0.2) is 146 Å². The number of phenolic OH excluding ortho intramolecular Hbond substituents is 1. The van der Waals surface area contributed by atoms with Crippen LogP contribution in [0, 0.1) is 24.7 Å². The third-order valence-electron chi connectivity index (χ3n) is 7.43. The van der Waals surface area contributed by atoms with Gasteiger partial charge in [-0.15, -0.1) is 0 Å². The lowest BCUT2D eigenvalue weighted by Crippen LogP contribution is -2.14. The Morgan fingerprint density at radius 3 is 1.61 bits per heavy atom. The maximum Gasteiger partial charge on any atom is 0.344 e. The van der Waals surface area contributed by atoms with Gasteiger partial charge in [-0.25, -0.2) is 14.4 Å². The van der Waals surface area contributed by atoms with Crippen molar-refractivity contribution in [1.29, 1.82) is 0 Å². The number of phenols is 1. The molecule has 0 spiro atoms. The van der Waals surface area contributed by atoms with Crippen LogP contribution in [0.1, 0.15) is 36.6 Å². The number of aromatic carboxylic acids is 2. The highest BCUT2D eigenvalue weighted by atomic mass is 17.2. The molecule has 0 bridgehead atoms. The summed E-state index contributed by atoms with van der Waals surface area (Å²) in [5.74, 6) is -1.55. The van der Waals surface area contributed by atoms with Crippen LogP contribution in [0.2, 0.25) is 0 Å². The van der Waals surface area contributed by atoms with Gasteiger partial charge >= 0.3 is 17.9 Å². The fourth-order valence-electron chi connectivity index (χ4n) is 4.79. The number of aromatic hydroxyl groups is 1. The number of carboxylic acid groups (broad SMARTS) is 2. The predicted molar refractivity (Wildman–Crippen MR) is 202 cm³/mol. The van der Waals surface area contributed by atoms with E-state index in [-0.39, 0.29) is 40.5 Å². The van der Waals surface area contributed by atoms with Crippen molar-refractivity contribution < 1.29 is 58.4 Å². The van der Waals surface area contributed by atoms with Crippen LogP contribution in [0.5, 0.6) is 34.5 Å². The fourth-order valence-corrected chi connectivity index (χ4v) is 4.79. The van der Waals surface area contributed by atoms with E-state index in [9.17, 15) is 24.6 Å². The van der Waals surface area contributed by atoms with E-state index >= 15 is 0 Å². The number of ether oxygens (including phenoxy) is 4. The molecule has 56 heavy (non-hydrogen) atoms. The van der Waals surface area contributed by atoms with Gasteiger partial charge in [0.1, 0.15) is 41.5 Å². The van der Waals surface area contributed by atoms with Gasteiger partial charge in [-0.2, -0.15) is 4.89 Å². The van der Waals surface area contributed by atoms with Crippen LogP contribution >= 0.6 is 0 Å². The van der Waals surface area contributed by atoms with Gasteiger partial charge < -0.3 is 39.2 Å². The topological polar surface area (TPSA) is 167 Å². The second-order valence-electron chi connectivity index (χ2n) is 11.2. The van der Waals surface area contributed by atoms with Crippen LogP contribution in [0.3, 0.4) is 0 Å². The summed E-state index contributed by atoms with van der Waals surface area (Å²) in [4.78, 5) is 46.8. The van der Waals surface area contributed by atoms with Gasteiger partial charge in [-0.1, -0.05) is 67.1 Å². The molecule has 0 aliphatic heterocycles. The molecule has 0 radical (unpaired) electrons. The lowest BCUT2D eigenvalue weighted by molar-refractivity contribution is -0.217. The van der Waals surface area contributed by atoms with Gasteiger partial charge in [0.25, 0.3) is 0 Å². The molecule has 0 aromatic heterocycles. The van der Waals surface area contributed by atoms with Crippen LogP contribution in [0.25, 0.3) is 11.1 Å². The van der Waals surface area contributed by atoms with Crippen molar-refractivity contribution in [2.75, 3.05) is 0 Å². The number of carbonyl (C=O) groups is 3. The number of benzene rings is 6. The molecule has 0 unspecified atom stereocenters. The molecule has 0 saturated heterocycles. The van der Waals surface area contributed by atoms with Crippen LogP contribution in [-0.4, -0.2) is 33.2 Å². The maximum atomic E-state index is 12.8. The number of rotatable bonds is 12. The Labute approximate surface area is 320 Å². The summed E-state index contributed by atoms with van der Waals surface area (Å²) in [5, 5.41) is 27.7. The summed E-state index contributed by atoms with van der Waals surface area (Å²) in [5.41, 5.74) is 1.39. The third-order valence-corrected chi connectivity index (χ3v) is 7.43. The number of hydrogen-bond donors (Lipinski definition) is 3. The predicted octanol–water partition coefficient (Wildman–Crippen LogP) is 8.22. The van der Waals surface area contributed by atoms with Crippen molar-refractivity contribution in [3.8, 4) is 70.4 Å². The van der Waals surface area contributed by atoms with Crippen molar-refractivity contribution >= 4 is 17.9 Å². The molecule has 0 amide bonds. The normalized spacial score (nSPS) is 9.84. The molecule has 6 aromatic rings. The minimum absolute atomic E-state index is 0.00248. The standard InChI is InChI=1S/C38H24O11.C6H6O/c1-2-44-32-17-19-34(37(41)42)35(23-32)38(43)48-29-12-8-25(9-13-29)26-10-14-30(15-11-26)49-47-24-27-22-31(16-18-33(27)36(39)40)46-21-20-45-28-6-4-3-5-7-28;7-6-4-2-1-3-5-6/h1,3-19,22-23H,24H2,(H,39,40)(H,41,42);1-5,7H. The Morgan fingerprint density at radius 2 is 1.05 bits per heavy atom. The minimum Gasteiger partial charge on any atom is -0.508 e. The third kappa shape index (κ3) is 11.4. The van der Waals surface area contributed by atoms with Gasteiger partial charge in [0.2, 0.25) is 0 Å². The molecular formula is C44H30O12. The van der Waals surface area contributed by atoms with E-state index in [0.29, 0.717) is 22.8 Å². The van der Waals surface area contributed by atoms with E-state index in [2.05, 4.69) is 12.2 Å². The Balaban J connectivity index is 0.000000771. The van der Waals surface area contributed by atoms with E-state index in [1.54, 1.807) is 97.1 Å². The Bertz CT molecular complexity index is 2370. The van der Waals surface area contributed by atoms with Crippen molar-refractivity contribution in [3.05, 3.63) is 168 Å². The highest BCUT2D eigenvalue weighted by Gasteiger charge is 2.20. The lowest BCUT2D eigenvalue weighted by atomic mass is 10.1. The second kappa shape index (κ2) is 19.6. The van der Waals surface area contributed by atoms with Crippen molar-refractivity contribution in [3.63, 3.8) is 0 Å². The molecule has 278 valence electrons. The summed E-state index contributed by atoms with van der Waals surface area (Å²) >= 11 is 0. The van der Waals surface area contributed by atoms with Crippen molar-refractivity contribution in [2.45, 2.75) is 6.61 Å². The number of carboxylic acids is 2. The number of terminal acetylenes is 1. The average Bonchev–Trinajstić information content (AvgIpc) is 3.21. The first-order valence-electron chi connectivity index (χ1n) is 16.4. The van der Waals surface area contributed by atoms with Crippen molar-refractivity contribution in [1.82, 2.24) is 0 Å². The lowest BCUT2D eigenvalue weighted by Gasteiger charge is -2.10. The van der Waals surface area contributed by atoms with Crippen LogP contribution < -0.4 is 23.8 Å². The zero-order chi connectivity index (χ0) is 39.7. The molecule has 12 nitrogen and oxygen atoms in total. The number of esters is 1. The number of hydrogen-bond acceptors (Lipinski definition) is 10. The van der Waals surface area contributed by atoms with Gasteiger partial charge in [-0.3, -0.25) is 0 Å². The summed E-state index contributed by atoms with van der Waals surface area (Å²) in [6.07, 6.45) is 11.9. The highest BCUT2D eigenvalue weighted by Crippen LogP contribution is 2.27. The first-order chi connectivity index (χ1) is 27.2. The molecule has 6 aromatic carbocycles. The number of carbonyl (C=O) groups excluding carboxylic acids is 1. The first-order valence-corrected chi connectivity index (χ1v) is 16.4. The molecule has 3 N–H and O–H groups in total. The zero-order valence-electron chi connectivity index (χ0n) is 29.2. The van der Waals surface area contributed by atoms with Gasteiger partial charge in [0, 0.05) is 5.56 Å². The molecule has 6 rings (SSSR count). The molecule has 0 fully saturated rings. The zero-order valence-corrected chi connectivity index (χ0v) is 29.2.